The molecule has 2 bridgehead atoms. The molecule has 96 valence electrons. The van der Waals surface area contributed by atoms with Gasteiger partial charge in [0.15, 0.2) is 0 Å². The SMILES string of the molecule is CCOC(=O)C12C=CC(C(F)(F)F)(CC1)CC2. The maximum atomic E-state index is 12.9. The fourth-order valence-electron chi connectivity index (χ4n) is 2.72. The molecule has 0 aromatic carbocycles. The third kappa shape index (κ3) is 1.76. The van der Waals surface area contributed by atoms with E-state index in [-0.39, 0.29) is 38.3 Å². The van der Waals surface area contributed by atoms with Crippen LogP contribution in [-0.4, -0.2) is 18.8 Å². The number of hydrogen-bond donors (Lipinski definition) is 0. The molecular formula is C12H15F3O2. The minimum atomic E-state index is -4.22. The van der Waals surface area contributed by atoms with Crippen LogP contribution in [0.4, 0.5) is 13.2 Å². The molecule has 0 N–H and O–H groups in total. The smallest absolute Gasteiger partial charge is 0.397 e. The number of esters is 1. The highest BCUT2D eigenvalue weighted by Gasteiger charge is 2.60. The van der Waals surface area contributed by atoms with Crippen LogP contribution in [0.3, 0.4) is 0 Å². The molecular weight excluding hydrogens is 233 g/mol. The van der Waals surface area contributed by atoms with Crippen molar-refractivity contribution in [3.63, 3.8) is 0 Å². The summed E-state index contributed by atoms with van der Waals surface area (Å²) in [5.74, 6) is -0.383. The summed E-state index contributed by atoms with van der Waals surface area (Å²) in [6, 6.07) is 0. The summed E-state index contributed by atoms with van der Waals surface area (Å²) in [6.45, 7) is 1.96. The van der Waals surface area contributed by atoms with Gasteiger partial charge in [0, 0.05) is 0 Å². The van der Waals surface area contributed by atoms with E-state index in [4.69, 9.17) is 4.74 Å². The molecule has 3 aliphatic carbocycles. The van der Waals surface area contributed by atoms with E-state index in [0.29, 0.717) is 0 Å². The second-order valence-corrected chi connectivity index (χ2v) is 4.86. The van der Waals surface area contributed by atoms with Crippen molar-refractivity contribution in [2.24, 2.45) is 10.8 Å². The summed E-state index contributed by atoms with van der Waals surface area (Å²) in [5, 5.41) is 0. The fraction of sp³-hybridized carbons (Fsp3) is 0.750. The first kappa shape index (κ1) is 12.5. The number of alkyl halides is 3. The van der Waals surface area contributed by atoms with Crippen molar-refractivity contribution in [3.8, 4) is 0 Å². The largest absolute Gasteiger partial charge is 0.465 e. The fourth-order valence-corrected chi connectivity index (χ4v) is 2.72. The van der Waals surface area contributed by atoms with Crippen LogP contribution in [0.1, 0.15) is 32.6 Å². The lowest BCUT2D eigenvalue weighted by atomic mass is 9.58. The predicted molar refractivity (Wildman–Crippen MR) is 55.2 cm³/mol. The van der Waals surface area contributed by atoms with Crippen LogP contribution in [-0.2, 0) is 9.53 Å². The van der Waals surface area contributed by atoms with Crippen molar-refractivity contribution in [2.75, 3.05) is 6.61 Å². The van der Waals surface area contributed by atoms with Gasteiger partial charge in [-0.15, -0.1) is 0 Å². The van der Waals surface area contributed by atoms with Gasteiger partial charge in [-0.1, -0.05) is 12.2 Å². The van der Waals surface area contributed by atoms with E-state index < -0.39 is 17.0 Å². The molecule has 0 spiro atoms. The molecule has 17 heavy (non-hydrogen) atoms. The van der Waals surface area contributed by atoms with Crippen LogP contribution in [0.2, 0.25) is 0 Å². The molecule has 1 saturated carbocycles. The number of allylic oxidation sites excluding steroid dienone is 1. The third-order valence-electron chi connectivity index (χ3n) is 4.00. The van der Waals surface area contributed by atoms with Crippen LogP contribution in [0, 0.1) is 10.8 Å². The van der Waals surface area contributed by atoms with Gasteiger partial charge in [0.1, 0.15) is 0 Å². The zero-order valence-electron chi connectivity index (χ0n) is 9.64. The molecule has 1 fully saturated rings. The Bertz CT molecular complexity index is 349. The molecule has 3 aliphatic rings. The quantitative estimate of drug-likeness (QED) is 0.554. The van der Waals surface area contributed by atoms with Crippen LogP contribution >= 0.6 is 0 Å². The summed E-state index contributed by atoms with van der Waals surface area (Å²) in [6.07, 6.45) is -1.16. The van der Waals surface area contributed by atoms with Gasteiger partial charge in [0.25, 0.3) is 0 Å². The van der Waals surface area contributed by atoms with E-state index in [2.05, 4.69) is 0 Å². The average Bonchev–Trinajstić information content (AvgIpc) is 2.30. The predicted octanol–water partition coefficient (Wildman–Crippen LogP) is 3.23. The van der Waals surface area contributed by atoms with E-state index in [9.17, 15) is 18.0 Å². The number of fused-ring (bicyclic) bond motifs is 2. The summed E-state index contributed by atoms with van der Waals surface area (Å²) in [5.41, 5.74) is -2.51. The molecule has 2 nitrogen and oxygen atoms in total. The highest BCUT2D eigenvalue weighted by molar-refractivity contribution is 5.80. The Morgan fingerprint density at radius 1 is 1.24 bits per heavy atom. The van der Waals surface area contributed by atoms with Crippen molar-refractivity contribution in [1.82, 2.24) is 0 Å². The number of carbonyl (C=O) groups is 1. The highest BCUT2D eigenvalue weighted by Crippen LogP contribution is 2.59. The number of hydrogen-bond acceptors (Lipinski definition) is 2. The number of halogens is 3. The van der Waals surface area contributed by atoms with Crippen LogP contribution in [0.25, 0.3) is 0 Å². The normalized spacial score (nSPS) is 36.0. The number of rotatable bonds is 2. The maximum absolute atomic E-state index is 12.9. The van der Waals surface area contributed by atoms with Crippen molar-refractivity contribution in [1.29, 1.82) is 0 Å². The van der Waals surface area contributed by atoms with Crippen molar-refractivity contribution < 1.29 is 22.7 Å². The van der Waals surface area contributed by atoms with E-state index in [1.807, 2.05) is 0 Å². The summed E-state index contributed by atoms with van der Waals surface area (Å²) in [7, 11) is 0. The third-order valence-corrected chi connectivity index (χ3v) is 4.00. The number of ether oxygens (including phenoxy) is 1. The van der Waals surface area contributed by atoms with Gasteiger partial charge in [-0.05, 0) is 32.6 Å². The lowest BCUT2D eigenvalue weighted by Crippen LogP contribution is -2.49. The summed E-state index contributed by atoms with van der Waals surface area (Å²) < 4.78 is 43.7. The second-order valence-electron chi connectivity index (χ2n) is 4.86. The van der Waals surface area contributed by atoms with Gasteiger partial charge < -0.3 is 4.74 Å². The topological polar surface area (TPSA) is 26.3 Å². The standard InChI is InChI=1S/C12H15F3O2/c1-2-17-9(16)10-3-6-11(7-4-10,8-5-10)12(13,14)15/h3,6H,2,4-5,7-8H2,1H3. The van der Waals surface area contributed by atoms with E-state index in [0.717, 1.165) is 0 Å². The molecule has 0 aromatic rings. The van der Waals surface area contributed by atoms with Crippen molar-refractivity contribution in [3.05, 3.63) is 12.2 Å². The second kappa shape index (κ2) is 3.75. The minimum absolute atomic E-state index is 0.00812. The first-order valence-electron chi connectivity index (χ1n) is 5.80. The van der Waals surface area contributed by atoms with Gasteiger partial charge in [-0.2, -0.15) is 13.2 Å². The molecule has 0 radical (unpaired) electrons. The minimum Gasteiger partial charge on any atom is -0.465 e. The van der Waals surface area contributed by atoms with Crippen LogP contribution in [0.5, 0.6) is 0 Å². The van der Waals surface area contributed by atoms with Crippen molar-refractivity contribution >= 4 is 5.97 Å². The molecule has 0 unspecified atom stereocenters. The zero-order valence-corrected chi connectivity index (χ0v) is 9.64. The van der Waals surface area contributed by atoms with E-state index in [1.165, 1.54) is 12.2 Å². The van der Waals surface area contributed by atoms with Gasteiger partial charge >= 0.3 is 12.1 Å². The monoisotopic (exact) mass is 248 g/mol. The lowest BCUT2D eigenvalue weighted by molar-refractivity contribution is -0.225. The Hall–Kier alpha value is -1.00. The molecule has 0 aromatic heterocycles. The highest BCUT2D eigenvalue weighted by atomic mass is 19.4. The first-order valence-corrected chi connectivity index (χ1v) is 5.80. The molecule has 0 aliphatic heterocycles. The molecule has 0 saturated heterocycles. The summed E-state index contributed by atoms with van der Waals surface area (Å²) in [4.78, 5) is 11.8. The molecule has 5 heteroatoms. The van der Waals surface area contributed by atoms with E-state index >= 15 is 0 Å². The zero-order chi connectivity index (χ0) is 12.7. The summed E-state index contributed by atoms with van der Waals surface area (Å²) >= 11 is 0. The van der Waals surface area contributed by atoms with E-state index in [1.54, 1.807) is 6.92 Å². The maximum Gasteiger partial charge on any atom is 0.397 e. The Labute approximate surface area is 97.8 Å². The number of carbonyl (C=O) groups excluding carboxylic acids is 1. The Balaban J connectivity index is 2.24. The van der Waals surface area contributed by atoms with Crippen molar-refractivity contribution in [2.45, 2.75) is 38.8 Å². The van der Waals surface area contributed by atoms with Crippen LogP contribution in [0.15, 0.2) is 12.2 Å². The Morgan fingerprint density at radius 3 is 2.18 bits per heavy atom. The molecule has 0 heterocycles. The Morgan fingerprint density at radius 2 is 1.82 bits per heavy atom. The van der Waals surface area contributed by atoms with Gasteiger partial charge in [-0.25, -0.2) is 0 Å². The Kier molecular flexibility index (Phi) is 2.75. The van der Waals surface area contributed by atoms with Gasteiger partial charge in [-0.3, -0.25) is 4.79 Å². The first-order chi connectivity index (χ1) is 7.85. The molecule has 0 amide bonds. The van der Waals surface area contributed by atoms with Crippen LogP contribution < -0.4 is 0 Å². The van der Waals surface area contributed by atoms with Gasteiger partial charge in [0.05, 0.1) is 17.4 Å². The average molecular weight is 248 g/mol. The lowest BCUT2D eigenvalue weighted by Gasteiger charge is -2.47. The van der Waals surface area contributed by atoms with Gasteiger partial charge in [0.2, 0.25) is 0 Å². The molecule has 3 rings (SSSR count). The molecule has 0 atom stereocenters.